The third kappa shape index (κ3) is 4.02. The molecule has 72 valence electrons. The second-order valence-corrected chi connectivity index (χ2v) is 5.13. The summed E-state index contributed by atoms with van der Waals surface area (Å²) in [6.45, 7) is -0.0108. The van der Waals surface area contributed by atoms with Crippen molar-refractivity contribution in [3.05, 3.63) is 34.3 Å². The molecule has 1 rings (SSSR count). The summed E-state index contributed by atoms with van der Waals surface area (Å²) in [7, 11) is -0.943. The van der Waals surface area contributed by atoms with E-state index in [2.05, 4.69) is 15.9 Å². The van der Waals surface area contributed by atoms with E-state index < -0.39 is 10.8 Å². The van der Waals surface area contributed by atoms with Crippen molar-refractivity contribution < 1.29 is 9.32 Å². The first-order valence-corrected chi connectivity index (χ1v) is 6.21. The molecule has 1 aromatic carbocycles. The van der Waals surface area contributed by atoms with Gasteiger partial charge in [-0.15, -0.1) is 0 Å². The molecule has 0 saturated heterocycles. The van der Waals surface area contributed by atoms with Crippen LogP contribution in [-0.2, 0) is 16.6 Å². The maximum atomic E-state index is 11.2. The predicted molar refractivity (Wildman–Crippen MR) is 57.9 cm³/mol. The van der Waals surface area contributed by atoms with E-state index in [1.807, 2.05) is 24.3 Å². The first-order chi connectivity index (χ1) is 6.22. The van der Waals surface area contributed by atoms with Crippen LogP contribution in [0.4, 0.5) is 0 Å². The first kappa shape index (κ1) is 10.9. The molecule has 0 aliphatic heterocycles. The van der Waals surface area contributed by atoms with Gasteiger partial charge in [-0.05, 0) is 17.7 Å². The van der Waals surface area contributed by atoms with Crippen LogP contribution in [0, 0.1) is 0 Å². The van der Waals surface area contributed by atoms with Gasteiger partial charge in [0, 0.05) is 26.8 Å². The lowest BCUT2D eigenvalue weighted by Crippen LogP contribution is -2.04. The van der Waals surface area contributed by atoms with Gasteiger partial charge >= 0.3 is 0 Å². The monoisotopic (exact) mass is 262 g/mol. The molecule has 1 atom stereocenters. The maximum absolute atomic E-state index is 11.2. The molecule has 0 heterocycles. The minimum atomic E-state index is -0.943. The molecule has 0 aromatic heterocycles. The molecule has 0 bridgehead atoms. The van der Waals surface area contributed by atoms with Crippen molar-refractivity contribution in [2.24, 2.45) is 0 Å². The fraction of sp³-hybridized carbons (Fsp3) is 0.333. The highest BCUT2D eigenvalue weighted by molar-refractivity contribution is 9.10. The fourth-order valence-electron chi connectivity index (χ4n) is 0.941. The Hall–Kier alpha value is -0.190. The van der Waals surface area contributed by atoms with Crippen LogP contribution in [0.5, 0.6) is 0 Å². The molecule has 0 saturated carbocycles. The van der Waals surface area contributed by atoms with Gasteiger partial charge < -0.3 is 5.11 Å². The Labute approximate surface area is 88.6 Å². The van der Waals surface area contributed by atoms with E-state index in [-0.39, 0.29) is 6.61 Å². The summed E-state index contributed by atoms with van der Waals surface area (Å²) in [4.78, 5) is 0. The van der Waals surface area contributed by atoms with Crippen LogP contribution in [0.2, 0.25) is 0 Å². The highest BCUT2D eigenvalue weighted by Gasteiger charge is 2.00. The number of halogens is 1. The zero-order chi connectivity index (χ0) is 9.68. The first-order valence-electron chi connectivity index (χ1n) is 3.92. The van der Waals surface area contributed by atoms with Gasteiger partial charge in [-0.25, -0.2) is 0 Å². The van der Waals surface area contributed by atoms with Gasteiger partial charge in [0.1, 0.15) is 0 Å². The van der Waals surface area contributed by atoms with E-state index in [0.29, 0.717) is 11.5 Å². The molecule has 0 aliphatic rings. The smallest absolute Gasteiger partial charge is 0.0546 e. The van der Waals surface area contributed by atoms with Crippen molar-refractivity contribution >= 4 is 26.7 Å². The van der Waals surface area contributed by atoms with Crippen LogP contribution in [0.1, 0.15) is 5.56 Å². The zero-order valence-electron chi connectivity index (χ0n) is 7.07. The molecule has 0 radical (unpaired) electrons. The highest BCUT2D eigenvalue weighted by atomic mass is 79.9. The van der Waals surface area contributed by atoms with Gasteiger partial charge in [0.05, 0.1) is 6.61 Å². The van der Waals surface area contributed by atoms with E-state index in [9.17, 15) is 4.21 Å². The van der Waals surface area contributed by atoms with Gasteiger partial charge in [-0.1, -0.05) is 28.1 Å². The molecule has 0 spiro atoms. The van der Waals surface area contributed by atoms with Crippen LogP contribution in [0.25, 0.3) is 0 Å². The molecule has 0 aliphatic carbocycles. The minimum absolute atomic E-state index is 0.0108. The van der Waals surface area contributed by atoms with Gasteiger partial charge in [-0.2, -0.15) is 0 Å². The Morgan fingerprint density at radius 2 is 1.92 bits per heavy atom. The molecule has 0 fully saturated rings. The van der Waals surface area contributed by atoms with E-state index in [4.69, 9.17) is 5.11 Å². The molecular formula is C9H11BrO2S. The number of aliphatic hydroxyl groups excluding tert-OH is 1. The van der Waals surface area contributed by atoms with Crippen LogP contribution in [0.3, 0.4) is 0 Å². The van der Waals surface area contributed by atoms with Crippen molar-refractivity contribution in [2.75, 3.05) is 12.4 Å². The lowest BCUT2D eigenvalue weighted by molar-refractivity contribution is 0.321. The van der Waals surface area contributed by atoms with Crippen molar-refractivity contribution in [3.8, 4) is 0 Å². The lowest BCUT2D eigenvalue weighted by Gasteiger charge is -2.00. The SMILES string of the molecule is O=S(CCO)Cc1ccc(Br)cc1. The Morgan fingerprint density at radius 3 is 2.46 bits per heavy atom. The van der Waals surface area contributed by atoms with Crippen LogP contribution >= 0.6 is 15.9 Å². The van der Waals surface area contributed by atoms with Crippen LogP contribution < -0.4 is 0 Å². The quantitative estimate of drug-likeness (QED) is 0.897. The van der Waals surface area contributed by atoms with Crippen LogP contribution in [-0.4, -0.2) is 21.7 Å². The molecule has 13 heavy (non-hydrogen) atoms. The van der Waals surface area contributed by atoms with E-state index >= 15 is 0 Å². The van der Waals surface area contributed by atoms with Crippen LogP contribution in [0.15, 0.2) is 28.7 Å². The summed E-state index contributed by atoms with van der Waals surface area (Å²) in [5, 5.41) is 8.56. The summed E-state index contributed by atoms with van der Waals surface area (Å²) in [6.07, 6.45) is 0. The fourth-order valence-corrected chi connectivity index (χ4v) is 2.12. The molecular weight excluding hydrogens is 252 g/mol. The molecule has 1 unspecified atom stereocenters. The Balaban J connectivity index is 2.54. The second-order valence-electron chi connectivity index (χ2n) is 2.64. The summed E-state index contributed by atoms with van der Waals surface area (Å²) < 4.78 is 12.3. The average molecular weight is 263 g/mol. The molecule has 4 heteroatoms. The molecule has 1 N–H and O–H groups in total. The molecule has 2 nitrogen and oxygen atoms in total. The van der Waals surface area contributed by atoms with E-state index in [0.717, 1.165) is 10.0 Å². The standard InChI is InChI=1S/C9H11BrO2S/c10-9-3-1-8(2-4-9)7-13(12)6-5-11/h1-4,11H,5-7H2. The highest BCUT2D eigenvalue weighted by Crippen LogP contribution is 2.11. The number of aliphatic hydroxyl groups is 1. The van der Waals surface area contributed by atoms with Crippen molar-refractivity contribution in [1.82, 2.24) is 0 Å². The third-order valence-corrected chi connectivity index (χ3v) is 3.38. The average Bonchev–Trinajstić information content (AvgIpc) is 2.09. The Kier molecular flexibility index (Phi) is 4.62. The topological polar surface area (TPSA) is 37.3 Å². The molecule has 0 amide bonds. The summed E-state index contributed by atoms with van der Waals surface area (Å²) >= 11 is 3.33. The lowest BCUT2D eigenvalue weighted by atomic mass is 10.2. The zero-order valence-corrected chi connectivity index (χ0v) is 9.47. The summed E-state index contributed by atoms with van der Waals surface area (Å²) in [5.41, 5.74) is 1.04. The Bertz CT molecular complexity index is 284. The molecule has 1 aromatic rings. The number of hydrogen-bond acceptors (Lipinski definition) is 2. The maximum Gasteiger partial charge on any atom is 0.0546 e. The van der Waals surface area contributed by atoms with Gasteiger partial charge in [0.15, 0.2) is 0 Å². The van der Waals surface area contributed by atoms with Crippen molar-refractivity contribution in [3.63, 3.8) is 0 Å². The summed E-state index contributed by atoms with van der Waals surface area (Å²) in [5.74, 6) is 0.879. The number of rotatable bonds is 4. The second kappa shape index (κ2) is 5.52. The number of hydrogen-bond donors (Lipinski definition) is 1. The minimum Gasteiger partial charge on any atom is -0.395 e. The van der Waals surface area contributed by atoms with E-state index in [1.54, 1.807) is 0 Å². The normalized spacial score (nSPS) is 12.8. The number of benzene rings is 1. The van der Waals surface area contributed by atoms with Gasteiger partial charge in [-0.3, -0.25) is 4.21 Å². The largest absolute Gasteiger partial charge is 0.395 e. The predicted octanol–water partition coefficient (Wildman–Crippen LogP) is 1.69. The third-order valence-electron chi connectivity index (χ3n) is 1.56. The Morgan fingerprint density at radius 1 is 1.31 bits per heavy atom. The van der Waals surface area contributed by atoms with Crippen molar-refractivity contribution in [2.45, 2.75) is 5.75 Å². The van der Waals surface area contributed by atoms with Gasteiger partial charge in [0.25, 0.3) is 0 Å². The van der Waals surface area contributed by atoms with Gasteiger partial charge in [0.2, 0.25) is 0 Å². The van der Waals surface area contributed by atoms with Crippen molar-refractivity contribution in [1.29, 1.82) is 0 Å². The summed E-state index contributed by atoms with van der Waals surface area (Å²) in [6, 6.07) is 7.70. The van der Waals surface area contributed by atoms with E-state index in [1.165, 1.54) is 0 Å².